The van der Waals surface area contributed by atoms with E-state index in [9.17, 15) is 19.4 Å². The Hall–Kier alpha value is -1.02. The van der Waals surface area contributed by atoms with Crippen LogP contribution in [0.4, 0.5) is 0 Å². The molecule has 0 radical (unpaired) electrons. The van der Waals surface area contributed by atoms with Crippen molar-refractivity contribution in [2.24, 2.45) is 0 Å². The number of carbonyl (C=O) groups is 1. The van der Waals surface area contributed by atoms with Crippen molar-refractivity contribution in [1.82, 2.24) is 5.32 Å². The molecular weight excluding hydrogens is 611 g/mol. The lowest BCUT2D eigenvalue weighted by atomic mass is 10.1. The summed E-state index contributed by atoms with van der Waals surface area (Å²) in [5, 5.41) is 13.7. The van der Waals surface area contributed by atoms with Crippen molar-refractivity contribution in [2.75, 3.05) is 40.9 Å². The van der Waals surface area contributed by atoms with Gasteiger partial charge in [0.25, 0.3) is 7.82 Å². The number of phosphoric ester groups is 1. The lowest BCUT2D eigenvalue weighted by Crippen LogP contribution is -2.45. The second kappa shape index (κ2) is 31.0. The molecule has 0 fully saturated rings. The number of carbonyl (C=O) groups excluding carboxylic acids is 1. The first kappa shape index (κ1) is 46.0. The number of hydrogen-bond donors (Lipinski definition) is 2. The molecule has 278 valence electrons. The molecule has 0 bridgehead atoms. The smallest absolute Gasteiger partial charge is 0.268 e. The van der Waals surface area contributed by atoms with E-state index in [1.807, 2.05) is 27.2 Å². The van der Waals surface area contributed by atoms with E-state index < -0.39 is 20.0 Å². The largest absolute Gasteiger partial charge is 0.756 e. The zero-order valence-corrected chi connectivity index (χ0v) is 32.1. The van der Waals surface area contributed by atoms with Crippen LogP contribution in [0.2, 0.25) is 0 Å². The van der Waals surface area contributed by atoms with E-state index in [1.165, 1.54) is 89.9 Å². The number of phosphoric acid groups is 1. The fraction of sp³-hybridized carbons (Fsp3) is 0.868. The van der Waals surface area contributed by atoms with Crippen LogP contribution in [0.5, 0.6) is 0 Å². The molecule has 0 aromatic rings. The van der Waals surface area contributed by atoms with Crippen LogP contribution in [-0.2, 0) is 18.4 Å². The Morgan fingerprint density at radius 3 is 1.66 bits per heavy atom. The molecular formula is C38H75N2O6P. The first-order valence-corrected chi connectivity index (χ1v) is 20.7. The number of quaternary nitrogens is 1. The summed E-state index contributed by atoms with van der Waals surface area (Å²) in [5.41, 5.74) is 0. The molecule has 0 aliphatic rings. The quantitative estimate of drug-likeness (QED) is 0.0303. The molecule has 47 heavy (non-hydrogen) atoms. The van der Waals surface area contributed by atoms with E-state index in [4.69, 9.17) is 9.05 Å². The van der Waals surface area contributed by atoms with E-state index >= 15 is 0 Å². The number of nitrogens with one attached hydrogen (secondary N) is 1. The number of nitrogens with zero attached hydrogens (tertiary/aromatic N) is 1. The van der Waals surface area contributed by atoms with Crippen molar-refractivity contribution in [1.29, 1.82) is 0 Å². The number of hydrogen-bond acceptors (Lipinski definition) is 6. The van der Waals surface area contributed by atoms with Crippen molar-refractivity contribution in [2.45, 2.75) is 174 Å². The van der Waals surface area contributed by atoms with E-state index in [1.54, 1.807) is 6.08 Å². The minimum Gasteiger partial charge on any atom is -0.756 e. The SMILES string of the molecule is CCCCCCCC/C=C\CCCCCC(=O)NC(COP(=O)([O-])OCC[N+](C)(C)C)C(O)/C=C/CCCCCCCCCCCC. The fourth-order valence-corrected chi connectivity index (χ4v) is 5.99. The van der Waals surface area contributed by atoms with Gasteiger partial charge in [-0.3, -0.25) is 9.36 Å². The Balaban J connectivity index is 4.57. The zero-order valence-electron chi connectivity index (χ0n) is 31.2. The minimum atomic E-state index is -4.58. The summed E-state index contributed by atoms with van der Waals surface area (Å²) in [5.74, 6) is -0.217. The molecule has 0 aliphatic carbocycles. The van der Waals surface area contributed by atoms with Gasteiger partial charge in [0.1, 0.15) is 13.2 Å². The highest BCUT2D eigenvalue weighted by Gasteiger charge is 2.23. The molecule has 3 unspecified atom stereocenters. The average molecular weight is 687 g/mol. The van der Waals surface area contributed by atoms with Gasteiger partial charge in [0, 0.05) is 6.42 Å². The van der Waals surface area contributed by atoms with Crippen LogP contribution >= 0.6 is 7.82 Å². The standard InChI is InChI=1S/C38H75N2O6P/c1-6-8-10-12-14-16-18-20-22-24-26-28-30-32-38(42)39-36(35-46-47(43,44)45-34-33-40(3,4)5)37(41)31-29-27-25-23-21-19-17-15-13-11-9-7-2/h20,22,29,31,36-37,41H,6-19,21,23-28,30,32-35H2,1-5H3,(H-,39,42,43,44)/b22-20-,31-29+. The Kier molecular flexibility index (Phi) is 30.3. The number of unbranched alkanes of at least 4 members (excludes halogenated alkanes) is 19. The molecule has 9 heteroatoms. The highest BCUT2D eigenvalue weighted by molar-refractivity contribution is 7.45. The first-order valence-electron chi connectivity index (χ1n) is 19.2. The van der Waals surface area contributed by atoms with Gasteiger partial charge in [-0.15, -0.1) is 0 Å². The number of amides is 1. The second-order valence-corrected chi connectivity index (χ2v) is 15.7. The van der Waals surface area contributed by atoms with E-state index in [0.29, 0.717) is 17.4 Å². The molecule has 0 aromatic carbocycles. The maximum Gasteiger partial charge on any atom is 0.268 e. The van der Waals surface area contributed by atoms with E-state index in [0.717, 1.165) is 51.4 Å². The molecule has 0 saturated carbocycles. The maximum absolute atomic E-state index is 12.7. The lowest BCUT2D eigenvalue weighted by molar-refractivity contribution is -0.870. The molecule has 2 N–H and O–H groups in total. The summed E-state index contributed by atoms with van der Waals surface area (Å²) in [6, 6.07) is -0.888. The fourth-order valence-electron chi connectivity index (χ4n) is 5.26. The van der Waals surface area contributed by atoms with Crippen LogP contribution in [-0.4, -0.2) is 68.5 Å². The predicted octanol–water partition coefficient (Wildman–Crippen LogP) is 9.16. The van der Waals surface area contributed by atoms with Gasteiger partial charge in [-0.25, -0.2) is 0 Å². The molecule has 0 aromatic heterocycles. The number of aliphatic hydroxyl groups is 1. The van der Waals surface area contributed by atoms with E-state index in [-0.39, 0.29) is 19.1 Å². The van der Waals surface area contributed by atoms with Gasteiger partial charge in [-0.2, -0.15) is 0 Å². The molecule has 3 atom stereocenters. The van der Waals surface area contributed by atoms with Gasteiger partial charge < -0.3 is 28.8 Å². The normalized spacial score (nSPS) is 15.0. The van der Waals surface area contributed by atoms with Crippen LogP contribution in [0.25, 0.3) is 0 Å². The topological polar surface area (TPSA) is 108 Å². The van der Waals surface area contributed by atoms with Gasteiger partial charge in [0.05, 0.1) is 39.9 Å². The minimum absolute atomic E-state index is 0.00312. The Bertz CT molecular complexity index is 829. The van der Waals surface area contributed by atoms with Crippen LogP contribution in [0.3, 0.4) is 0 Å². The summed E-state index contributed by atoms with van der Waals surface area (Å²) >= 11 is 0. The van der Waals surface area contributed by atoms with Gasteiger partial charge in [-0.05, 0) is 44.9 Å². The number of likely N-dealkylation sites (N-methyl/N-ethyl adjacent to an activating group) is 1. The Morgan fingerprint density at radius 2 is 1.17 bits per heavy atom. The number of rotatable bonds is 34. The lowest BCUT2D eigenvalue weighted by Gasteiger charge is -2.29. The highest BCUT2D eigenvalue weighted by Crippen LogP contribution is 2.38. The average Bonchev–Trinajstić information content (AvgIpc) is 3.01. The number of aliphatic hydroxyl groups excluding tert-OH is 1. The highest BCUT2D eigenvalue weighted by atomic mass is 31.2. The van der Waals surface area contributed by atoms with Crippen molar-refractivity contribution in [3.05, 3.63) is 24.3 Å². The molecule has 0 spiro atoms. The van der Waals surface area contributed by atoms with E-state index in [2.05, 4.69) is 31.3 Å². The molecule has 0 saturated heterocycles. The van der Waals surface area contributed by atoms with Crippen LogP contribution < -0.4 is 10.2 Å². The van der Waals surface area contributed by atoms with Crippen LogP contribution in [0.1, 0.15) is 162 Å². The summed E-state index contributed by atoms with van der Waals surface area (Å²) in [6.07, 6.45) is 33.6. The molecule has 8 nitrogen and oxygen atoms in total. The third-order valence-electron chi connectivity index (χ3n) is 8.41. The summed E-state index contributed by atoms with van der Waals surface area (Å²) in [6.45, 7) is 4.59. The van der Waals surface area contributed by atoms with Crippen molar-refractivity contribution in [3.63, 3.8) is 0 Å². The van der Waals surface area contributed by atoms with Gasteiger partial charge in [0.2, 0.25) is 5.91 Å². The summed E-state index contributed by atoms with van der Waals surface area (Å²) in [7, 11) is 1.25. The Morgan fingerprint density at radius 1 is 0.723 bits per heavy atom. The van der Waals surface area contributed by atoms with Crippen molar-refractivity contribution >= 4 is 13.7 Å². The van der Waals surface area contributed by atoms with Gasteiger partial charge >= 0.3 is 0 Å². The number of allylic oxidation sites excluding steroid dienone is 3. The molecule has 1 amide bonds. The second-order valence-electron chi connectivity index (χ2n) is 14.3. The molecule has 0 heterocycles. The van der Waals surface area contributed by atoms with Gasteiger partial charge in [-0.1, -0.05) is 134 Å². The van der Waals surface area contributed by atoms with Crippen molar-refractivity contribution < 1.29 is 32.9 Å². The molecule has 0 rings (SSSR count). The zero-order chi connectivity index (χ0) is 35.1. The third kappa shape index (κ3) is 33.3. The van der Waals surface area contributed by atoms with Crippen LogP contribution in [0, 0.1) is 0 Å². The monoisotopic (exact) mass is 687 g/mol. The Labute approximate surface area is 290 Å². The van der Waals surface area contributed by atoms with Crippen molar-refractivity contribution in [3.8, 4) is 0 Å². The summed E-state index contributed by atoms with van der Waals surface area (Å²) in [4.78, 5) is 25.1. The van der Waals surface area contributed by atoms with Crippen LogP contribution in [0.15, 0.2) is 24.3 Å². The predicted molar refractivity (Wildman–Crippen MR) is 196 cm³/mol. The van der Waals surface area contributed by atoms with Gasteiger partial charge in [0.15, 0.2) is 0 Å². The third-order valence-corrected chi connectivity index (χ3v) is 9.37. The maximum atomic E-state index is 12.7. The summed E-state index contributed by atoms with van der Waals surface area (Å²) < 4.78 is 23.1. The molecule has 0 aliphatic heterocycles. The first-order chi connectivity index (χ1) is 22.5.